The predicted molar refractivity (Wildman–Crippen MR) is 75.6 cm³/mol. The highest BCUT2D eigenvalue weighted by Crippen LogP contribution is 2.32. The molecular weight excluding hydrogens is 331 g/mol. The van der Waals surface area contributed by atoms with Gasteiger partial charge in [-0.3, -0.25) is 9.59 Å². The van der Waals surface area contributed by atoms with E-state index in [1.54, 1.807) is 0 Å². The Bertz CT molecular complexity index is 605. The molecule has 9 heteroatoms. The van der Waals surface area contributed by atoms with E-state index in [1.807, 2.05) is 5.32 Å². The zero-order valence-electron chi connectivity index (χ0n) is 13.0. The number of hydrogen-bond acceptors (Lipinski definition) is 4. The van der Waals surface area contributed by atoms with Crippen molar-refractivity contribution in [2.45, 2.75) is 38.4 Å². The molecule has 0 spiro atoms. The molecule has 0 aromatic carbocycles. The number of halogens is 3. The Labute approximate surface area is 136 Å². The van der Waals surface area contributed by atoms with E-state index < -0.39 is 36.4 Å². The van der Waals surface area contributed by atoms with Crippen molar-refractivity contribution in [2.75, 3.05) is 13.2 Å². The fraction of sp³-hybridized carbons (Fsp3) is 0.600. The van der Waals surface area contributed by atoms with Gasteiger partial charge in [-0.25, -0.2) is 0 Å². The fourth-order valence-electron chi connectivity index (χ4n) is 2.80. The zero-order valence-corrected chi connectivity index (χ0v) is 13.0. The Morgan fingerprint density at radius 3 is 2.54 bits per heavy atom. The van der Waals surface area contributed by atoms with E-state index in [9.17, 15) is 22.8 Å². The summed E-state index contributed by atoms with van der Waals surface area (Å²) in [5.41, 5.74) is 0.135. The summed E-state index contributed by atoms with van der Waals surface area (Å²) in [7, 11) is 0. The molecule has 0 radical (unpaired) electrons. The van der Waals surface area contributed by atoms with Crippen molar-refractivity contribution in [3.63, 3.8) is 0 Å². The first-order chi connectivity index (χ1) is 11.2. The summed E-state index contributed by atoms with van der Waals surface area (Å²) in [4.78, 5) is 23.1. The lowest BCUT2D eigenvalue weighted by Crippen LogP contribution is -2.51. The molecule has 1 fully saturated rings. The highest BCUT2D eigenvalue weighted by atomic mass is 19.4. The monoisotopic (exact) mass is 349 g/mol. The van der Waals surface area contributed by atoms with Gasteiger partial charge in [0.15, 0.2) is 0 Å². The van der Waals surface area contributed by atoms with Crippen molar-refractivity contribution >= 4 is 11.9 Å². The molecule has 2 rings (SSSR count). The van der Waals surface area contributed by atoms with Crippen LogP contribution in [-0.4, -0.2) is 42.4 Å². The number of carbonyl (C=O) groups excluding carboxylic acids is 1. The quantitative estimate of drug-likeness (QED) is 0.852. The molecule has 1 aromatic rings. The highest BCUT2D eigenvalue weighted by Gasteiger charge is 2.46. The van der Waals surface area contributed by atoms with Crippen molar-refractivity contribution in [2.24, 2.45) is 5.92 Å². The second-order valence-corrected chi connectivity index (χ2v) is 5.73. The molecule has 1 aliphatic rings. The summed E-state index contributed by atoms with van der Waals surface area (Å²) < 4.78 is 50.1. The number of alkyl halides is 3. The Kier molecular flexibility index (Phi) is 5.53. The molecule has 1 aliphatic heterocycles. The third-order valence-electron chi connectivity index (χ3n) is 3.97. The van der Waals surface area contributed by atoms with Crippen LogP contribution >= 0.6 is 0 Å². The standard InChI is InChI=1S/C15H18F3NO5/c1-8-7-24-10(6-11(20)21)12(8)14(22)19-13(15(16,17)18)9-2-4-23-5-3-9/h7,9,13H,2-6H2,1H3,(H,19,22)(H,20,21)/t13-/m1/s1. The smallest absolute Gasteiger partial charge is 0.408 e. The van der Waals surface area contributed by atoms with E-state index in [4.69, 9.17) is 14.3 Å². The van der Waals surface area contributed by atoms with Crippen LogP contribution in [0.15, 0.2) is 10.7 Å². The van der Waals surface area contributed by atoms with E-state index in [1.165, 1.54) is 6.92 Å². The van der Waals surface area contributed by atoms with Crippen LogP contribution in [0.25, 0.3) is 0 Å². The number of rotatable bonds is 5. The molecule has 2 heterocycles. The van der Waals surface area contributed by atoms with Crippen LogP contribution in [0.1, 0.15) is 34.5 Å². The summed E-state index contributed by atoms with van der Waals surface area (Å²) in [5.74, 6) is -3.16. The molecule has 24 heavy (non-hydrogen) atoms. The number of carboxylic acid groups (broad SMARTS) is 1. The second kappa shape index (κ2) is 7.25. The average Bonchev–Trinajstić information content (AvgIpc) is 2.84. The average molecular weight is 349 g/mol. The van der Waals surface area contributed by atoms with Crippen LogP contribution in [0, 0.1) is 12.8 Å². The van der Waals surface area contributed by atoms with Gasteiger partial charge < -0.3 is 19.6 Å². The van der Waals surface area contributed by atoms with Crippen molar-refractivity contribution in [3.05, 3.63) is 23.2 Å². The predicted octanol–water partition coefficient (Wildman–Crippen LogP) is 2.30. The van der Waals surface area contributed by atoms with E-state index in [-0.39, 0.29) is 42.9 Å². The van der Waals surface area contributed by atoms with Gasteiger partial charge in [0, 0.05) is 18.8 Å². The molecule has 2 N–H and O–H groups in total. The van der Waals surface area contributed by atoms with E-state index in [2.05, 4.69) is 0 Å². The number of aryl methyl sites for hydroxylation is 1. The van der Waals surface area contributed by atoms with Crippen LogP contribution in [0.3, 0.4) is 0 Å². The number of nitrogens with one attached hydrogen (secondary N) is 1. The lowest BCUT2D eigenvalue weighted by atomic mass is 9.91. The molecule has 1 atom stereocenters. The maximum atomic E-state index is 13.3. The van der Waals surface area contributed by atoms with Gasteiger partial charge in [-0.1, -0.05) is 0 Å². The lowest BCUT2D eigenvalue weighted by molar-refractivity contribution is -0.171. The molecule has 134 valence electrons. The summed E-state index contributed by atoms with van der Waals surface area (Å²) in [6.45, 7) is 1.89. The van der Waals surface area contributed by atoms with Crippen molar-refractivity contribution in [1.29, 1.82) is 0 Å². The topological polar surface area (TPSA) is 88.8 Å². The van der Waals surface area contributed by atoms with Crippen molar-refractivity contribution < 1.29 is 37.0 Å². The van der Waals surface area contributed by atoms with Gasteiger partial charge >= 0.3 is 12.1 Å². The highest BCUT2D eigenvalue weighted by molar-refractivity contribution is 5.97. The van der Waals surface area contributed by atoms with Crippen molar-refractivity contribution in [3.8, 4) is 0 Å². The van der Waals surface area contributed by atoms with Gasteiger partial charge in [-0.05, 0) is 25.7 Å². The summed E-state index contributed by atoms with van der Waals surface area (Å²) in [6.07, 6.45) is -3.65. The van der Waals surface area contributed by atoms with Crippen LogP contribution in [-0.2, 0) is 16.0 Å². The SMILES string of the molecule is Cc1coc(CC(=O)O)c1C(=O)N[C@H](C1CCOCC1)C(F)(F)F. The molecule has 1 amide bonds. The number of ether oxygens (including phenoxy) is 1. The normalized spacial score (nSPS) is 17.5. The zero-order chi connectivity index (χ0) is 17.9. The van der Waals surface area contributed by atoms with Gasteiger partial charge in [0.1, 0.15) is 18.2 Å². The molecule has 0 saturated carbocycles. The Hall–Kier alpha value is -2.03. The Morgan fingerprint density at radius 1 is 1.38 bits per heavy atom. The van der Waals surface area contributed by atoms with Gasteiger partial charge in [0.25, 0.3) is 5.91 Å². The molecular formula is C15H18F3NO5. The third kappa shape index (κ3) is 4.28. The first kappa shape index (κ1) is 18.3. The number of aliphatic carboxylic acids is 1. The van der Waals surface area contributed by atoms with Crippen LogP contribution < -0.4 is 5.32 Å². The number of carboxylic acids is 1. The second-order valence-electron chi connectivity index (χ2n) is 5.73. The molecule has 0 unspecified atom stereocenters. The van der Waals surface area contributed by atoms with Gasteiger partial charge in [0.2, 0.25) is 0 Å². The fourth-order valence-corrected chi connectivity index (χ4v) is 2.80. The number of carbonyl (C=O) groups is 2. The maximum Gasteiger partial charge on any atom is 0.408 e. The molecule has 1 aromatic heterocycles. The minimum absolute atomic E-state index is 0.154. The third-order valence-corrected chi connectivity index (χ3v) is 3.97. The molecule has 6 nitrogen and oxygen atoms in total. The van der Waals surface area contributed by atoms with E-state index in [0.717, 1.165) is 6.26 Å². The number of furan rings is 1. The molecule has 0 bridgehead atoms. The van der Waals surface area contributed by atoms with Crippen LogP contribution in [0.4, 0.5) is 13.2 Å². The first-order valence-electron chi connectivity index (χ1n) is 7.44. The van der Waals surface area contributed by atoms with Gasteiger partial charge in [0.05, 0.1) is 11.8 Å². The van der Waals surface area contributed by atoms with E-state index in [0.29, 0.717) is 0 Å². The molecule has 0 aliphatic carbocycles. The summed E-state index contributed by atoms with van der Waals surface area (Å²) in [6, 6.07) is -2.01. The van der Waals surface area contributed by atoms with E-state index >= 15 is 0 Å². The van der Waals surface area contributed by atoms with Gasteiger partial charge in [-0.15, -0.1) is 0 Å². The summed E-state index contributed by atoms with van der Waals surface area (Å²) in [5, 5.41) is 10.8. The minimum atomic E-state index is -4.61. The lowest BCUT2D eigenvalue weighted by Gasteiger charge is -2.32. The molecule has 1 saturated heterocycles. The van der Waals surface area contributed by atoms with Crippen molar-refractivity contribution in [1.82, 2.24) is 5.32 Å². The maximum absolute atomic E-state index is 13.3. The largest absolute Gasteiger partial charge is 0.481 e. The Morgan fingerprint density at radius 2 is 2.00 bits per heavy atom. The van der Waals surface area contributed by atoms with Crippen LogP contribution in [0.5, 0.6) is 0 Å². The number of hydrogen-bond donors (Lipinski definition) is 2. The minimum Gasteiger partial charge on any atom is -0.481 e. The number of amides is 1. The Balaban J connectivity index is 2.21. The summed E-state index contributed by atoms with van der Waals surface area (Å²) >= 11 is 0. The van der Waals surface area contributed by atoms with Crippen LogP contribution in [0.2, 0.25) is 0 Å². The first-order valence-corrected chi connectivity index (χ1v) is 7.44. The van der Waals surface area contributed by atoms with Gasteiger partial charge in [-0.2, -0.15) is 13.2 Å².